The number of esters is 1. The Hall–Kier alpha value is -1.31. The summed E-state index contributed by atoms with van der Waals surface area (Å²) < 4.78 is 4.88. The minimum absolute atomic E-state index is 0.220. The summed E-state index contributed by atoms with van der Waals surface area (Å²) in [4.78, 5) is 11.8. The molecule has 0 N–H and O–H groups in total. The van der Waals surface area contributed by atoms with Crippen molar-refractivity contribution < 1.29 is 9.53 Å². The average molecular weight is 262 g/mol. The van der Waals surface area contributed by atoms with Crippen LogP contribution in [0.1, 0.15) is 74.2 Å². The molecule has 0 aromatic heterocycles. The van der Waals surface area contributed by atoms with Crippen LogP contribution in [-0.2, 0) is 4.74 Å². The SMILES string of the molecule is CCCCCCC(CC)c1ccccc1C(=O)OC. The van der Waals surface area contributed by atoms with Gasteiger partial charge in [-0.05, 0) is 30.4 Å². The van der Waals surface area contributed by atoms with E-state index in [9.17, 15) is 4.79 Å². The molecule has 0 spiro atoms. The van der Waals surface area contributed by atoms with Crippen molar-refractivity contribution in [1.82, 2.24) is 0 Å². The van der Waals surface area contributed by atoms with Crippen molar-refractivity contribution in [2.24, 2.45) is 0 Å². The largest absolute Gasteiger partial charge is 0.465 e. The minimum atomic E-state index is -0.220. The first-order chi connectivity index (χ1) is 9.24. The molecule has 1 rings (SSSR count). The smallest absolute Gasteiger partial charge is 0.338 e. The zero-order chi connectivity index (χ0) is 14.1. The number of carbonyl (C=O) groups excluding carboxylic acids is 1. The maximum Gasteiger partial charge on any atom is 0.338 e. The molecule has 0 saturated heterocycles. The van der Waals surface area contributed by atoms with Crippen LogP contribution in [0.25, 0.3) is 0 Å². The average Bonchev–Trinajstić information content (AvgIpc) is 2.47. The fourth-order valence-electron chi connectivity index (χ4n) is 2.55. The van der Waals surface area contributed by atoms with E-state index >= 15 is 0 Å². The van der Waals surface area contributed by atoms with E-state index in [2.05, 4.69) is 19.9 Å². The summed E-state index contributed by atoms with van der Waals surface area (Å²) in [6.45, 7) is 4.42. The van der Waals surface area contributed by atoms with Gasteiger partial charge in [-0.2, -0.15) is 0 Å². The summed E-state index contributed by atoms with van der Waals surface area (Å²) in [7, 11) is 1.45. The Morgan fingerprint density at radius 2 is 1.89 bits per heavy atom. The maximum atomic E-state index is 11.8. The van der Waals surface area contributed by atoms with Gasteiger partial charge in [0, 0.05) is 0 Å². The van der Waals surface area contributed by atoms with Crippen LogP contribution in [0, 0.1) is 0 Å². The van der Waals surface area contributed by atoms with Crippen molar-refractivity contribution in [2.75, 3.05) is 7.11 Å². The molecular weight excluding hydrogens is 236 g/mol. The van der Waals surface area contributed by atoms with Crippen LogP contribution >= 0.6 is 0 Å². The van der Waals surface area contributed by atoms with Gasteiger partial charge in [-0.25, -0.2) is 4.79 Å². The molecule has 0 aliphatic rings. The third kappa shape index (κ3) is 4.70. The van der Waals surface area contributed by atoms with Crippen molar-refractivity contribution in [1.29, 1.82) is 0 Å². The second-order valence-corrected chi connectivity index (χ2v) is 5.03. The Morgan fingerprint density at radius 3 is 2.53 bits per heavy atom. The van der Waals surface area contributed by atoms with E-state index in [0.717, 1.165) is 24.0 Å². The van der Waals surface area contributed by atoms with Crippen molar-refractivity contribution in [3.8, 4) is 0 Å². The molecule has 0 aliphatic heterocycles. The lowest BCUT2D eigenvalue weighted by Crippen LogP contribution is -2.09. The molecule has 1 aromatic rings. The van der Waals surface area contributed by atoms with Gasteiger partial charge in [0.2, 0.25) is 0 Å². The number of unbranched alkanes of at least 4 members (excludes halogenated alkanes) is 3. The van der Waals surface area contributed by atoms with E-state index in [4.69, 9.17) is 4.74 Å². The van der Waals surface area contributed by atoms with Gasteiger partial charge < -0.3 is 4.74 Å². The number of rotatable bonds is 8. The van der Waals surface area contributed by atoms with Gasteiger partial charge in [-0.15, -0.1) is 0 Å². The Bertz CT molecular complexity index is 385. The summed E-state index contributed by atoms with van der Waals surface area (Å²) in [5, 5.41) is 0. The Labute approximate surface area is 117 Å². The van der Waals surface area contributed by atoms with E-state index in [-0.39, 0.29) is 5.97 Å². The van der Waals surface area contributed by atoms with Gasteiger partial charge in [0.1, 0.15) is 0 Å². The van der Waals surface area contributed by atoms with E-state index < -0.39 is 0 Å². The molecule has 0 aliphatic carbocycles. The highest BCUT2D eigenvalue weighted by Gasteiger charge is 2.17. The molecule has 0 heterocycles. The quantitative estimate of drug-likeness (QED) is 0.490. The first-order valence-corrected chi connectivity index (χ1v) is 7.41. The molecule has 0 bridgehead atoms. The van der Waals surface area contributed by atoms with Crippen molar-refractivity contribution in [3.05, 3.63) is 35.4 Å². The highest BCUT2D eigenvalue weighted by Crippen LogP contribution is 2.29. The molecule has 1 atom stereocenters. The second-order valence-electron chi connectivity index (χ2n) is 5.03. The lowest BCUT2D eigenvalue weighted by Gasteiger charge is -2.18. The summed E-state index contributed by atoms with van der Waals surface area (Å²) in [6, 6.07) is 7.85. The third-order valence-corrected chi connectivity index (χ3v) is 3.70. The zero-order valence-corrected chi connectivity index (χ0v) is 12.4. The standard InChI is InChI=1S/C17H26O2/c1-4-6-7-8-11-14(5-2)15-12-9-10-13-16(15)17(18)19-3/h9-10,12-14H,4-8,11H2,1-3H3. The Kier molecular flexibility index (Phi) is 7.24. The van der Waals surface area contributed by atoms with Crippen LogP contribution in [0.4, 0.5) is 0 Å². The topological polar surface area (TPSA) is 26.3 Å². The van der Waals surface area contributed by atoms with Gasteiger partial charge in [-0.3, -0.25) is 0 Å². The van der Waals surface area contributed by atoms with E-state index in [1.807, 2.05) is 18.2 Å². The van der Waals surface area contributed by atoms with Crippen molar-refractivity contribution >= 4 is 5.97 Å². The lowest BCUT2D eigenvalue weighted by atomic mass is 9.87. The van der Waals surface area contributed by atoms with Gasteiger partial charge in [-0.1, -0.05) is 57.7 Å². The molecule has 0 fully saturated rings. The number of benzene rings is 1. The molecule has 0 radical (unpaired) electrons. The zero-order valence-electron chi connectivity index (χ0n) is 12.4. The number of ether oxygens (including phenoxy) is 1. The van der Waals surface area contributed by atoms with Crippen LogP contribution in [0.5, 0.6) is 0 Å². The number of hydrogen-bond donors (Lipinski definition) is 0. The second kappa shape index (κ2) is 8.73. The normalized spacial score (nSPS) is 12.2. The molecular formula is C17H26O2. The fourth-order valence-corrected chi connectivity index (χ4v) is 2.55. The molecule has 0 saturated carbocycles. The monoisotopic (exact) mass is 262 g/mol. The van der Waals surface area contributed by atoms with E-state index in [0.29, 0.717) is 5.92 Å². The summed E-state index contributed by atoms with van der Waals surface area (Å²) in [5.74, 6) is 0.245. The summed E-state index contributed by atoms with van der Waals surface area (Å²) >= 11 is 0. The van der Waals surface area contributed by atoms with Crippen LogP contribution in [0.15, 0.2) is 24.3 Å². The molecule has 2 nitrogen and oxygen atoms in total. The third-order valence-electron chi connectivity index (χ3n) is 3.70. The number of methoxy groups -OCH3 is 1. The number of hydrogen-bond acceptors (Lipinski definition) is 2. The molecule has 1 aromatic carbocycles. The van der Waals surface area contributed by atoms with E-state index in [1.54, 1.807) is 0 Å². The molecule has 2 heteroatoms. The summed E-state index contributed by atoms with van der Waals surface area (Å²) in [5.41, 5.74) is 1.88. The van der Waals surface area contributed by atoms with Gasteiger partial charge in [0.15, 0.2) is 0 Å². The van der Waals surface area contributed by atoms with Crippen LogP contribution in [-0.4, -0.2) is 13.1 Å². The fraction of sp³-hybridized carbons (Fsp3) is 0.588. The van der Waals surface area contributed by atoms with Crippen LogP contribution < -0.4 is 0 Å². The van der Waals surface area contributed by atoms with Crippen LogP contribution in [0.2, 0.25) is 0 Å². The Balaban J connectivity index is 2.77. The lowest BCUT2D eigenvalue weighted by molar-refractivity contribution is 0.0598. The Morgan fingerprint density at radius 1 is 1.16 bits per heavy atom. The van der Waals surface area contributed by atoms with E-state index in [1.165, 1.54) is 32.8 Å². The highest BCUT2D eigenvalue weighted by atomic mass is 16.5. The predicted octanol–water partition coefficient (Wildman–Crippen LogP) is 4.94. The van der Waals surface area contributed by atoms with Crippen LogP contribution in [0.3, 0.4) is 0 Å². The molecule has 0 amide bonds. The van der Waals surface area contributed by atoms with Gasteiger partial charge in [0.05, 0.1) is 12.7 Å². The van der Waals surface area contributed by atoms with Crippen molar-refractivity contribution in [3.63, 3.8) is 0 Å². The maximum absolute atomic E-state index is 11.8. The highest BCUT2D eigenvalue weighted by molar-refractivity contribution is 5.91. The predicted molar refractivity (Wildman–Crippen MR) is 79.6 cm³/mol. The molecule has 106 valence electrons. The van der Waals surface area contributed by atoms with Gasteiger partial charge in [0.25, 0.3) is 0 Å². The van der Waals surface area contributed by atoms with Crippen molar-refractivity contribution in [2.45, 2.75) is 58.3 Å². The molecule has 1 unspecified atom stereocenters. The first kappa shape index (κ1) is 15.7. The summed E-state index contributed by atoms with van der Waals surface area (Å²) in [6.07, 6.45) is 7.31. The van der Waals surface area contributed by atoms with Gasteiger partial charge >= 0.3 is 5.97 Å². The first-order valence-electron chi connectivity index (χ1n) is 7.41. The number of carbonyl (C=O) groups is 1. The molecule has 19 heavy (non-hydrogen) atoms. The minimum Gasteiger partial charge on any atom is -0.465 e.